The van der Waals surface area contributed by atoms with Gasteiger partial charge in [0.1, 0.15) is 19.0 Å². The molecule has 0 atom stereocenters. The van der Waals surface area contributed by atoms with Crippen LogP contribution in [-0.4, -0.2) is 89.0 Å². The lowest BCUT2D eigenvalue weighted by Gasteiger charge is -2.36. The summed E-state index contributed by atoms with van der Waals surface area (Å²) in [6.07, 6.45) is 8.76. The Morgan fingerprint density at radius 2 is 1.42 bits per heavy atom. The number of carboxylic acids is 1. The normalized spacial score (nSPS) is 14.4. The number of rotatable bonds is 12. The van der Waals surface area contributed by atoms with Gasteiger partial charge in [-0.15, -0.1) is 11.6 Å². The number of nitrogens with one attached hydrogen (secondary N) is 2. The maximum atomic E-state index is 11.3. The van der Waals surface area contributed by atoms with E-state index in [-0.39, 0.29) is 0 Å². The number of benzene rings is 3. The summed E-state index contributed by atoms with van der Waals surface area (Å²) in [4.78, 5) is 33.1. The predicted molar refractivity (Wildman–Crippen MR) is 195 cm³/mol. The van der Waals surface area contributed by atoms with E-state index in [1.165, 1.54) is 11.3 Å². The Balaban J connectivity index is 0.000000204. The highest BCUT2D eigenvalue weighted by Crippen LogP contribution is 2.34. The van der Waals surface area contributed by atoms with Crippen molar-refractivity contribution in [3.8, 4) is 17.2 Å². The number of ether oxygens (including phenoxy) is 3. The van der Waals surface area contributed by atoms with E-state index < -0.39 is 12.1 Å². The summed E-state index contributed by atoms with van der Waals surface area (Å²) in [5, 5.41) is 19.9. The number of aryl methyl sites for hydroxylation is 2. The summed E-state index contributed by atoms with van der Waals surface area (Å²) in [5.74, 6) is 1.81. The van der Waals surface area contributed by atoms with Gasteiger partial charge in [0.15, 0.2) is 11.5 Å². The highest BCUT2D eigenvalue weighted by Gasteiger charge is 2.20. The third-order valence-electron chi connectivity index (χ3n) is 9.22. The van der Waals surface area contributed by atoms with E-state index in [1.54, 1.807) is 24.3 Å². The van der Waals surface area contributed by atoms with Gasteiger partial charge < -0.3 is 39.3 Å². The molecule has 11 nitrogen and oxygen atoms in total. The van der Waals surface area contributed by atoms with Crippen molar-refractivity contribution in [3.05, 3.63) is 83.7 Å². The van der Waals surface area contributed by atoms with E-state index in [1.807, 2.05) is 30.6 Å². The van der Waals surface area contributed by atoms with Crippen LogP contribution in [0, 0.1) is 0 Å². The summed E-state index contributed by atoms with van der Waals surface area (Å²) in [7, 11) is 0. The van der Waals surface area contributed by atoms with Crippen molar-refractivity contribution >= 4 is 51.2 Å². The molecule has 0 unspecified atom stereocenters. The fourth-order valence-corrected chi connectivity index (χ4v) is 6.76. The SMILES string of the molecule is O=C(O)Oc1ccc2[nH]cc(CCCCCl)c2c1.O=C(O)c1ccc2[nH]cc(CCCCN3CCN(c4ccc5c(c4)OCCO5)CC3)c2c1. The quantitative estimate of drug-likeness (QED) is 0.0449. The number of alkyl halides is 1. The van der Waals surface area contributed by atoms with E-state index in [0.29, 0.717) is 30.4 Å². The fourth-order valence-electron chi connectivity index (χ4n) is 6.57. The average molecular weight is 703 g/mol. The number of anilines is 1. The topological polar surface area (TPSA) is 140 Å². The molecule has 0 aliphatic carbocycles. The zero-order chi connectivity index (χ0) is 34.9. The molecule has 0 saturated carbocycles. The number of aromatic nitrogens is 2. The zero-order valence-corrected chi connectivity index (χ0v) is 28.7. The second-order valence-electron chi connectivity index (χ2n) is 12.5. The lowest BCUT2D eigenvalue weighted by atomic mass is 10.0. The number of H-pyrrole nitrogens is 2. The van der Waals surface area contributed by atoms with E-state index in [0.717, 1.165) is 110 Å². The van der Waals surface area contributed by atoms with Gasteiger partial charge in [0.25, 0.3) is 0 Å². The molecular weight excluding hydrogens is 660 g/mol. The molecule has 2 aliphatic heterocycles. The van der Waals surface area contributed by atoms with Crippen LogP contribution in [0.4, 0.5) is 10.5 Å². The van der Waals surface area contributed by atoms with Crippen molar-refractivity contribution in [2.45, 2.75) is 38.5 Å². The first-order chi connectivity index (χ1) is 24.4. The Morgan fingerprint density at radius 1 is 0.760 bits per heavy atom. The van der Waals surface area contributed by atoms with Gasteiger partial charge in [-0.3, -0.25) is 4.90 Å². The van der Waals surface area contributed by atoms with Gasteiger partial charge in [-0.1, -0.05) is 0 Å². The summed E-state index contributed by atoms with van der Waals surface area (Å²) in [5.41, 5.74) is 5.88. The first-order valence-corrected chi connectivity index (χ1v) is 17.7. The molecule has 1 saturated heterocycles. The van der Waals surface area contributed by atoms with Gasteiger partial charge in [-0.05, 0) is 105 Å². The predicted octanol–water partition coefficient (Wildman–Crippen LogP) is 7.57. The minimum absolute atomic E-state index is 0.341. The lowest BCUT2D eigenvalue weighted by molar-refractivity contribution is 0.0697. The first kappa shape index (κ1) is 35.0. The van der Waals surface area contributed by atoms with Gasteiger partial charge in [-0.2, -0.15) is 0 Å². The molecule has 7 rings (SSSR count). The molecule has 12 heteroatoms. The number of hydrogen-bond donors (Lipinski definition) is 4. The molecular formula is C38H43ClN4O7. The van der Waals surface area contributed by atoms with Crippen LogP contribution in [0.3, 0.4) is 0 Å². The lowest BCUT2D eigenvalue weighted by Crippen LogP contribution is -2.46. The van der Waals surface area contributed by atoms with Crippen molar-refractivity contribution < 1.29 is 34.0 Å². The Bertz CT molecular complexity index is 1910. The third kappa shape index (κ3) is 8.83. The van der Waals surface area contributed by atoms with Crippen LogP contribution in [0.25, 0.3) is 21.8 Å². The molecule has 4 heterocycles. The van der Waals surface area contributed by atoms with Gasteiger partial charge in [0.05, 0.1) is 5.56 Å². The van der Waals surface area contributed by atoms with Crippen LogP contribution in [0.5, 0.6) is 17.2 Å². The molecule has 0 spiro atoms. The van der Waals surface area contributed by atoms with Crippen molar-refractivity contribution in [1.29, 1.82) is 0 Å². The van der Waals surface area contributed by atoms with Gasteiger partial charge in [-0.25, -0.2) is 9.59 Å². The molecule has 3 aromatic carbocycles. The van der Waals surface area contributed by atoms with Gasteiger partial charge in [0, 0.05) is 78.0 Å². The highest BCUT2D eigenvalue weighted by molar-refractivity contribution is 6.17. The molecule has 0 amide bonds. The third-order valence-corrected chi connectivity index (χ3v) is 9.49. The van der Waals surface area contributed by atoms with Crippen molar-refractivity contribution in [2.75, 3.05) is 56.7 Å². The molecule has 2 aromatic heterocycles. The summed E-state index contributed by atoms with van der Waals surface area (Å²) in [6.45, 7) is 6.48. The maximum Gasteiger partial charge on any atom is 0.511 e. The van der Waals surface area contributed by atoms with E-state index in [2.05, 4.69) is 36.6 Å². The number of aromatic carboxylic acids is 1. The molecule has 5 aromatic rings. The number of unbranched alkanes of at least 4 members (excludes halogenated alkanes) is 2. The number of carbonyl (C=O) groups is 2. The minimum atomic E-state index is -1.30. The molecule has 50 heavy (non-hydrogen) atoms. The second kappa shape index (κ2) is 16.7. The number of carboxylic acid groups (broad SMARTS) is 2. The standard InChI is InChI=1S/C25H29N3O4.C13H14ClNO3/c29-25(30)18-4-6-22-21(15-18)19(17-26-22)3-1-2-8-27-9-11-28(12-10-27)20-5-7-23-24(16-20)32-14-13-31-23;14-6-2-1-3-9-8-15-12-5-4-10(7-11(9)12)18-13(16)17/h4-7,15-17,26H,1-3,8-14H2,(H,29,30);4-5,7-8,15H,1-3,6H2,(H,16,17). The molecule has 2 aliphatic rings. The zero-order valence-electron chi connectivity index (χ0n) is 28.0. The Hall–Kier alpha value is -4.87. The number of halogens is 1. The van der Waals surface area contributed by atoms with Gasteiger partial charge in [0.2, 0.25) is 0 Å². The van der Waals surface area contributed by atoms with Crippen LogP contribution in [0.2, 0.25) is 0 Å². The molecule has 0 radical (unpaired) electrons. The molecule has 264 valence electrons. The van der Waals surface area contributed by atoms with E-state index >= 15 is 0 Å². The maximum absolute atomic E-state index is 11.3. The molecule has 1 fully saturated rings. The molecule has 0 bridgehead atoms. The van der Waals surface area contributed by atoms with Gasteiger partial charge >= 0.3 is 12.1 Å². The van der Waals surface area contributed by atoms with E-state index in [4.69, 9.17) is 26.2 Å². The highest BCUT2D eigenvalue weighted by atomic mass is 35.5. The average Bonchev–Trinajstić information content (AvgIpc) is 3.73. The molecule has 4 N–H and O–H groups in total. The largest absolute Gasteiger partial charge is 0.511 e. The minimum Gasteiger partial charge on any atom is -0.486 e. The first-order valence-electron chi connectivity index (χ1n) is 17.1. The Morgan fingerprint density at radius 3 is 2.10 bits per heavy atom. The summed E-state index contributed by atoms with van der Waals surface area (Å²) < 4.78 is 16.0. The smallest absolute Gasteiger partial charge is 0.486 e. The van der Waals surface area contributed by atoms with Crippen LogP contribution in [0.1, 0.15) is 47.2 Å². The summed E-state index contributed by atoms with van der Waals surface area (Å²) >= 11 is 5.65. The van der Waals surface area contributed by atoms with E-state index in [9.17, 15) is 14.7 Å². The second-order valence-corrected chi connectivity index (χ2v) is 12.9. The Labute approximate surface area is 295 Å². The van der Waals surface area contributed by atoms with Crippen LogP contribution in [0.15, 0.2) is 67.0 Å². The van der Waals surface area contributed by atoms with Crippen molar-refractivity contribution in [3.63, 3.8) is 0 Å². The van der Waals surface area contributed by atoms with Crippen LogP contribution in [-0.2, 0) is 12.8 Å². The number of piperazine rings is 1. The monoisotopic (exact) mass is 702 g/mol. The number of hydrogen-bond acceptors (Lipinski definition) is 7. The number of aromatic amines is 2. The van der Waals surface area contributed by atoms with Crippen LogP contribution < -0.4 is 19.1 Å². The summed E-state index contributed by atoms with van der Waals surface area (Å²) in [6, 6.07) is 16.7. The number of nitrogens with zero attached hydrogens (tertiary/aromatic N) is 2. The van der Waals surface area contributed by atoms with Crippen molar-refractivity contribution in [2.24, 2.45) is 0 Å². The Kier molecular flexibility index (Phi) is 11.7. The number of fused-ring (bicyclic) bond motifs is 3. The van der Waals surface area contributed by atoms with Crippen molar-refractivity contribution in [1.82, 2.24) is 14.9 Å². The fraction of sp³-hybridized carbons (Fsp3) is 0.368. The van der Waals surface area contributed by atoms with Crippen LogP contribution >= 0.6 is 11.6 Å².